The van der Waals surface area contributed by atoms with Crippen molar-refractivity contribution in [2.75, 3.05) is 0 Å². The Morgan fingerprint density at radius 1 is 1.24 bits per heavy atom. The highest BCUT2D eigenvalue weighted by Gasteiger charge is 2.19. The van der Waals surface area contributed by atoms with Crippen LogP contribution in [0, 0.1) is 24.0 Å². The van der Waals surface area contributed by atoms with E-state index in [1.54, 1.807) is 4.57 Å². The fourth-order valence-corrected chi connectivity index (χ4v) is 2.31. The van der Waals surface area contributed by atoms with E-state index in [-0.39, 0.29) is 16.7 Å². The lowest BCUT2D eigenvalue weighted by atomic mass is 10.1. The first-order chi connectivity index (χ1) is 9.97. The molecule has 3 aromatic rings. The molecule has 0 unspecified atom stereocenters. The molecule has 0 fully saturated rings. The Labute approximate surface area is 125 Å². The van der Waals surface area contributed by atoms with E-state index in [1.165, 1.54) is 18.5 Å². The number of nitro groups is 1. The van der Waals surface area contributed by atoms with Crippen LogP contribution in [0.4, 0.5) is 5.69 Å². The maximum atomic E-state index is 11.2. The molecule has 21 heavy (non-hydrogen) atoms. The minimum absolute atomic E-state index is 0.114. The topological polar surface area (TPSA) is 73.8 Å². The number of nitrogens with zero attached hydrogens (tertiary/aromatic N) is 4. The van der Waals surface area contributed by atoms with Crippen LogP contribution in [0.1, 0.15) is 11.1 Å². The zero-order valence-corrected chi connectivity index (χ0v) is 12.1. The summed E-state index contributed by atoms with van der Waals surface area (Å²) in [6.45, 7) is 3.97. The van der Waals surface area contributed by atoms with Crippen molar-refractivity contribution in [1.82, 2.24) is 14.5 Å². The zero-order valence-electron chi connectivity index (χ0n) is 11.4. The first kappa shape index (κ1) is 13.5. The number of hydrogen-bond donors (Lipinski definition) is 0. The molecule has 2 heterocycles. The van der Waals surface area contributed by atoms with Crippen LogP contribution in [0.3, 0.4) is 0 Å². The fraction of sp³-hybridized carbons (Fsp3) is 0.143. The standard InChI is InChI=1S/C14H11ClN4O2/c1-8-5-10-12(6-9(8)2)18(7-16-10)14-11(19(20)21)3-4-13(15)17-14/h3-7H,1-2H3. The molecule has 0 radical (unpaired) electrons. The molecule has 0 spiro atoms. The molecular formula is C14H11ClN4O2. The van der Waals surface area contributed by atoms with E-state index >= 15 is 0 Å². The summed E-state index contributed by atoms with van der Waals surface area (Å²) in [5.74, 6) is 0.165. The Hall–Kier alpha value is -2.47. The number of benzene rings is 1. The summed E-state index contributed by atoms with van der Waals surface area (Å²) in [5, 5.41) is 11.4. The molecule has 2 aromatic heterocycles. The van der Waals surface area contributed by atoms with Gasteiger partial charge in [-0.05, 0) is 43.2 Å². The molecule has 3 rings (SSSR count). The smallest absolute Gasteiger partial charge is 0.277 e. The number of halogens is 1. The minimum atomic E-state index is -0.481. The third-order valence-corrected chi connectivity index (χ3v) is 3.62. The van der Waals surface area contributed by atoms with Crippen LogP contribution >= 0.6 is 11.6 Å². The van der Waals surface area contributed by atoms with Crippen LogP contribution in [0.5, 0.6) is 0 Å². The highest BCUT2D eigenvalue weighted by atomic mass is 35.5. The van der Waals surface area contributed by atoms with Crippen molar-refractivity contribution in [3.8, 4) is 5.82 Å². The van der Waals surface area contributed by atoms with Gasteiger partial charge in [0.2, 0.25) is 5.82 Å². The number of pyridine rings is 1. The molecule has 0 aliphatic heterocycles. The van der Waals surface area contributed by atoms with Gasteiger partial charge in [-0.15, -0.1) is 0 Å². The second kappa shape index (κ2) is 4.82. The maximum Gasteiger partial charge on any atom is 0.312 e. The summed E-state index contributed by atoms with van der Waals surface area (Å²) >= 11 is 5.88. The fourth-order valence-electron chi connectivity index (χ4n) is 2.17. The van der Waals surface area contributed by atoms with Crippen molar-refractivity contribution in [3.05, 3.63) is 57.0 Å². The number of imidazole rings is 1. The van der Waals surface area contributed by atoms with Crippen LogP contribution in [0.2, 0.25) is 5.15 Å². The van der Waals surface area contributed by atoms with Crippen LogP contribution < -0.4 is 0 Å². The second-order valence-corrected chi connectivity index (χ2v) is 5.16. The van der Waals surface area contributed by atoms with Crippen LogP contribution in [0.25, 0.3) is 16.9 Å². The number of fused-ring (bicyclic) bond motifs is 1. The summed E-state index contributed by atoms with van der Waals surface area (Å²) < 4.78 is 1.59. The quantitative estimate of drug-likeness (QED) is 0.412. The van der Waals surface area contributed by atoms with Gasteiger partial charge in [-0.25, -0.2) is 9.97 Å². The van der Waals surface area contributed by atoms with Crippen molar-refractivity contribution >= 4 is 28.3 Å². The highest BCUT2D eigenvalue weighted by molar-refractivity contribution is 6.29. The van der Waals surface area contributed by atoms with E-state index in [1.807, 2.05) is 26.0 Å². The molecule has 6 nitrogen and oxygen atoms in total. The van der Waals surface area contributed by atoms with Gasteiger partial charge in [0.25, 0.3) is 0 Å². The molecule has 0 aliphatic rings. The van der Waals surface area contributed by atoms with E-state index in [9.17, 15) is 10.1 Å². The molecule has 0 saturated heterocycles. The molecule has 0 saturated carbocycles. The molecule has 106 valence electrons. The number of aryl methyl sites for hydroxylation is 2. The predicted octanol–water partition coefficient (Wildman–Crippen LogP) is 3.60. The third-order valence-electron chi connectivity index (χ3n) is 3.41. The number of aromatic nitrogens is 3. The van der Waals surface area contributed by atoms with Gasteiger partial charge >= 0.3 is 5.69 Å². The average Bonchev–Trinajstić information content (AvgIpc) is 2.81. The van der Waals surface area contributed by atoms with Crippen LogP contribution in [-0.4, -0.2) is 19.5 Å². The minimum Gasteiger partial charge on any atom is -0.277 e. The summed E-state index contributed by atoms with van der Waals surface area (Å²) in [6, 6.07) is 6.62. The largest absolute Gasteiger partial charge is 0.312 e. The lowest BCUT2D eigenvalue weighted by Gasteiger charge is -2.06. The van der Waals surface area contributed by atoms with E-state index in [2.05, 4.69) is 9.97 Å². The molecule has 7 heteroatoms. The Kier molecular flexibility index (Phi) is 3.10. The summed E-state index contributed by atoms with van der Waals surface area (Å²) in [6.07, 6.45) is 1.52. The van der Waals surface area contributed by atoms with Gasteiger partial charge in [0, 0.05) is 6.07 Å². The summed E-state index contributed by atoms with van der Waals surface area (Å²) in [7, 11) is 0. The van der Waals surface area contributed by atoms with E-state index in [4.69, 9.17) is 11.6 Å². The monoisotopic (exact) mass is 302 g/mol. The number of rotatable bonds is 2. The first-order valence-corrected chi connectivity index (χ1v) is 6.61. The molecule has 0 aliphatic carbocycles. The first-order valence-electron chi connectivity index (χ1n) is 6.23. The second-order valence-electron chi connectivity index (χ2n) is 4.77. The summed E-state index contributed by atoms with van der Waals surface area (Å²) in [5.41, 5.74) is 3.59. The molecule has 0 bridgehead atoms. The molecule has 1 aromatic carbocycles. The van der Waals surface area contributed by atoms with Crippen molar-refractivity contribution in [2.45, 2.75) is 13.8 Å². The SMILES string of the molecule is Cc1cc2ncn(-c3nc(Cl)ccc3[N+](=O)[O-])c2cc1C. The van der Waals surface area contributed by atoms with Gasteiger partial charge in [0.05, 0.1) is 16.0 Å². The van der Waals surface area contributed by atoms with Gasteiger partial charge in [-0.1, -0.05) is 11.6 Å². The van der Waals surface area contributed by atoms with E-state index < -0.39 is 4.92 Å². The predicted molar refractivity (Wildman–Crippen MR) is 80.0 cm³/mol. The van der Waals surface area contributed by atoms with E-state index in [0.717, 1.165) is 22.2 Å². The Bertz CT molecular complexity index is 873. The van der Waals surface area contributed by atoms with Crippen molar-refractivity contribution in [2.24, 2.45) is 0 Å². The van der Waals surface area contributed by atoms with Crippen molar-refractivity contribution in [3.63, 3.8) is 0 Å². The van der Waals surface area contributed by atoms with Gasteiger partial charge in [0.15, 0.2) is 0 Å². The van der Waals surface area contributed by atoms with Gasteiger partial charge < -0.3 is 0 Å². The molecule has 0 amide bonds. The maximum absolute atomic E-state index is 11.2. The Morgan fingerprint density at radius 2 is 1.95 bits per heavy atom. The zero-order chi connectivity index (χ0) is 15.1. The van der Waals surface area contributed by atoms with Crippen molar-refractivity contribution in [1.29, 1.82) is 0 Å². The number of hydrogen-bond acceptors (Lipinski definition) is 4. The Morgan fingerprint density at radius 3 is 2.67 bits per heavy atom. The lowest BCUT2D eigenvalue weighted by molar-refractivity contribution is -0.384. The third kappa shape index (κ3) is 2.23. The lowest BCUT2D eigenvalue weighted by Crippen LogP contribution is -2.02. The average molecular weight is 303 g/mol. The molecule has 0 atom stereocenters. The van der Waals surface area contributed by atoms with Gasteiger partial charge in [-0.2, -0.15) is 0 Å². The summed E-state index contributed by atoms with van der Waals surface area (Å²) in [4.78, 5) is 19.1. The van der Waals surface area contributed by atoms with Gasteiger partial charge in [0.1, 0.15) is 11.5 Å². The van der Waals surface area contributed by atoms with Gasteiger partial charge in [-0.3, -0.25) is 14.7 Å². The normalized spacial score (nSPS) is 11.0. The van der Waals surface area contributed by atoms with Crippen molar-refractivity contribution < 1.29 is 4.92 Å². The Balaban J connectivity index is 2.33. The molecule has 0 N–H and O–H groups in total. The van der Waals surface area contributed by atoms with E-state index in [0.29, 0.717) is 0 Å². The highest BCUT2D eigenvalue weighted by Crippen LogP contribution is 2.27. The van der Waals surface area contributed by atoms with Crippen LogP contribution in [0.15, 0.2) is 30.6 Å². The molecular weight excluding hydrogens is 292 g/mol. The van der Waals surface area contributed by atoms with Crippen LogP contribution in [-0.2, 0) is 0 Å².